The number of benzene rings is 2. The van der Waals surface area contributed by atoms with Crippen molar-refractivity contribution in [3.63, 3.8) is 0 Å². The van der Waals surface area contributed by atoms with Crippen LogP contribution in [0.15, 0.2) is 46.9 Å². The number of halogens is 1. The lowest BCUT2D eigenvalue weighted by Crippen LogP contribution is -2.60. The average Bonchev–Trinajstić information content (AvgIpc) is 3.17. The highest BCUT2D eigenvalue weighted by atomic mass is 79.9. The van der Waals surface area contributed by atoms with Gasteiger partial charge in [-0.15, -0.1) is 10.2 Å². The van der Waals surface area contributed by atoms with Crippen LogP contribution in [0.25, 0.3) is 0 Å². The van der Waals surface area contributed by atoms with Gasteiger partial charge in [-0.2, -0.15) is 0 Å². The SMILES string of the molecule is Cc1ccc(Nc2nnc([C@@H]3C(=O)N(C)[C@@]4(C)C[C@H]3c3cc(Br)ccc3O4)s2)cc1. The number of carbonyl (C=O) groups excluding carboxylic acids is 1. The molecule has 5 rings (SSSR count). The van der Waals surface area contributed by atoms with Crippen molar-refractivity contribution < 1.29 is 9.53 Å². The molecular formula is C22H21BrN4O2S. The van der Waals surface area contributed by atoms with Crippen LogP contribution in [0.5, 0.6) is 5.75 Å². The third-order valence-electron chi connectivity index (χ3n) is 6.02. The first-order valence-electron chi connectivity index (χ1n) is 9.77. The molecule has 2 bridgehead atoms. The summed E-state index contributed by atoms with van der Waals surface area (Å²) >= 11 is 4.99. The molecule has 0 saturated carbocycles. The molecular weight excluding hydrogens is 464 g/mol. The summed E-state index contributed by atoms with van der Waals surface area (Å²) in [7, 11) is 1.81. The number of nitrogens with zero attached hydrogens (tertiary/aromatic N) is 3. The van der Waals surface area contributed by atoms with Crippen molar-refractivity contribution in [3.05, 3.63) is 63.1 Å². The zero-order valence-electron chi connectivity index (χ0n) is 16.8. The fourth-order valence-corrected chi connectivity index (χ4v) is 5.57. The van der Waals surface area contributed by atoms with E-state index < -0.39 is 5.72 Å². The predicted molar refractivity (Wildman–Crippen MR) is 120 cm³/mol. The van der Waals surface area contributed by atoms with Crippen molar-refractivity contribution in [1.29, 1.82) is 0 Å². The second-order valence-electron chi connectivity index (χ2n) is 8.08. The number of aromatic nitrogens is 2. The first-order valence-corrected chi connectivity index (χ1v) is 11.4. The molecule has 3 heterocycles. The van der Waals surface area contributed by atoms with Gasteiger partial charge in [0.15, 0.2) is 5.72 Å². The van der Waals surface area contributed by atoms with Crippen LogP contribution in [0.2, 0.25) is 0 Å². The van der Waals surface area contributed by atoms with Crippen molar-refractivity contribution in [1.82, 2.24) is 15.1 Å². The summed E-state index contributed by atoms with van der Waals surface area (Å²) in [4.78, 5) is 15.1. The molecule has 3 aromatic rings. The minimum atomic E-state index is -0.660. The van der Waals surface area contributed by atoms with E-state index in [0.717, 1.165) is 26.5 Å². The van der Waals surface area contributed by atoms with Crippen LogP contribution in [-0.2, 0) is 4.79 Å². The van der Waals surface area contributed by atoms with E-state index in [1.165, 1.54) is 16.9 Å². The molecule has 1 saturated heterocycles. The number of hydrogen-bond donors (Lipinski definition) is 1. The number of nitrogens with one attached hydrogen (secondary N) is 1. The Kier molecular flexibility index (Phi) is 4.59. The van der Waals surface area contributed by atoms with Crippen LogP contribution in [0.1, 0.15) is 41.3 Å². The Morgan fingerprint density at radius 1 is 1.23 bits per heavy atom. The molecule has 0 aliphatic carbocycles. The lowest BCUT2D eigenvalue weighted by atomic mass is 9.74. The summed E-state index contributed by atoms with van der Waals surface area (Å²) in [6.45, 7) is 4.03. The number of hydrogen-bond acceptors (Lipinski definition) is 6. The number of fused-ring (bicyclic) bond motifs is 4. The van der Waals surface area contributed by atoms with Crippen LogP contribution >= 0.6 is 27.3 Å². The van der Waals surface area contributed by atoms with Gasteiger partial charge in [-0.25, -0.2) is 0 Å². The Morgan fingerprint density at radius 2 is 2.00 bits per heavy atom. The monoisotopic (exact) mass is 484 g/mol. The van der Waals surface area contributed by atoms with Gasteiger partial charge in [-0.3, -0.25) is 4.79 Å². The predicted octanol–water partition coefficient (Wildman–Crippen LogP) is 5.19. The number of likely N-dealkylation sites (N-methyl/N-ethyl adjacent to an activating group) is 1. The maximum atomic E-state index is 13.4. The fraction of sp³-hybridized carbons (Fsp3) is 0.318. The van der Waals surface area contributed by atoms with Crippen LogP contribution in [-0.4, -0.2) is 33.8 Å². The first kappa shape index (κ1) is 19.5. The van der Waals surface area contributed by atoms with E-state index in [9.17, 15) is 4.79 Å². The number of likely N-dealkylation sites (tertiary alicyclic amines) is 1. The number of carbonyl (C=O) groups is 1. The lowest BCUT2D eigenvalue weighted by molar-refractivity contribution is -0.163. The third kappa shape index (κ3) is 3.18. The fourth-order valence-electron chi connectivity index (χ4n) is 4.26. The Labute approximate surface area is 187 Å². The molecule has 6 nitrogen and oxygen atoms in total. The molecule has 1 amide bonds. The van der Waals surface area contributed by atoms with E-state index in [4.69, 9.17) is 4.74 Å². The standard InChI is InChI=1S/C22H21BrN4O2S/c1-12-4-7-14(8-5-12)24-21-26-25-19(30-21)18-16-11-22(2,27(3)20(18)28)29-17-9-6-13(23)10-15(16)17/h4-10,16,18H,11H2,1-3H3,(H,24,26)/t16-,18+,22+/m0/s1. The second-order valence-corrected chi connectivity index (χ2v) is 10.0. The molecule has 154 valence electrons. The summed E-state index contributed by atoms with van der Waals surface area (Å²) in [5.41, 5.74) is 2.52. The van der Waals surface area contributed by atoms with Gasteiger partial charge in [0.25, 0.3) is 0 Å². The minimum absolute atomic E-state index is 0.0115. The van der Waals surface area contributed by atoms with Gasteiger partial charge in [0.05, 0.1) is 5.92 Å². The third-order valence-corrected chi connectivity index (χ3v) is 7.43. The molecule has 3 atom stereocenters. The van der Waals surface area contributed by atoms with Crippen molar-refractivity contribution in [3.8, 4) is 5.75 Å². The normalized spacial score (nSPS) is 24.9. The molecule has 0 radical (unpaired) electrons. The molecule has 2 aliphatic heterocycles. The van der Waals surface area contributed by atoms with E-state index in [2.05, 4.69) is 44.4 Å². The van der Waals surface area contributed by atoms with Crippen LogP contribution in [0.4, 0.5) is 10.8 Å². The maximum absolute atomic E-state index is 13.4. The maximum Gasteiger partial charge on any atom is 0.236 e. The van der Waals surface area contributed by atoms with Gasteiger partial charge in [0.1, 0.15) is 10.8 Å². The van der Waals surface area contributed by atoms with Gasteiger partial charge in [0.2, 0.25) is 11.0 Å². The second kappa shape index (κ2) is 7.06. The molecule has 1 fully saturated rings. The van der Waals surface area contributed by atoms with Gasteiger partial charge >= 0.3 is 0 Å². The lowest BCUT2D eigenvalue weighted by Gasteiger charge is -2.51. The summed E-state index contributed by atoms with van der Waals surface area (Å²) in [6.07, 6.45) is 0.712. The molecule has 30 heavy (non-hydrogen) atoms. The van der Waals surface area contributed by atoms with E-state index in [-0.39, 0.29) is 17.7 Å². The van der Waals surface area contributed by atoms with Crippen molar-refractivity contribution >= 4 is 44.0 Å². The number of piperidine rings is 1. The highest BCUT2D eigenvalue weighted by molar-refractivity contribution is 9.10. The van der Waals surface area contributed by atoms with E-state index in [1.807, 2.05) is 50.4 Å². The molecule has 8 heteroatoms. The topological polar surface area (TPSA) is 67.4 Å². The van der Waals surface area contributed by atoms with Crippen LogP contribution < -0.4 is 10.1 Å². The molecule has 2 aliphatic rings. The number of ether oxygens (including phenoxy) is 1. The molecule has 1 N–H and O–H groups in total. The Morgan fingerprint density at radius 3 is 2.77 bits per heavy atom. The first-order chi connectivity index (χ1) is 14.3. The zero-order chi connectivity index (χ0) is 21.0. The number of aryl methyl sites for hydroxylation is 1. The van der Waals surface area contributed by atoms with E-state index in [1.54, 1.807) is 4.90 Å². The summed E-state index contributed by atoms with van der Waals surface area (Å²) in [5, 5.41) is 13.4. The van der Waals surface area contributed by atoms with Gasteiger partial charge in [-0.1, -0.05) is 45.0 Å². The summed E-state index contributed by atoms with van der Waals surface area (Å²) in [5.74, 6) is 0.437. The van der Waals surface area contributed by atoms with Crippen LogP contribution in [0, 0.1) is 6.92 Å². The van der Waals surface area contributed by atoms with Gasteiger partial charge in [-0.05, 0) is 49.7 Å². The van der Waals surface area contributed by atoms with Crippen LogP contribution in [0.3, 0.4) is 0 Å². The quantitative estimate of drug-likeness (QED) is 0.553. The highest BCUT2D eigenvalue weighted by Crippen LogP contribution is 2.53. The molecule has 2 aromatic carbocycles. The van der Waals surface area contributed by atoms with Crippen molar-refractivity contribution in [2.24, 2.45) is 0 Å². The summed E-state index contributed by atoms with van der Waals surface area (Å²) in [6, 6.07) is 14.1. The Bertz CT molecular complexity index is 1130. The Hall–Kier alpha value is -2.45. The number of rotatable bonds is 3. The average molecular weight is 485 g/mol. The largest absolute Gasteiger partial charge is 0.468 e. The van der Waals surface area contributed by atoms with Gasteiger partial charge in [0, 0.05) is 29.5 Å². The molecule has 0 spiro atoms. The summed E-state index contributed by atoms with van der Waals surface area (Å²) < 4.78 is 7.22. The van der Waals surface area contributed by atoms with E-state index in [0.29, 0.717) is 11.6 Å². The number of anilines is 2. The molecule has 0 unspecified atom stereocenters. The highest BCUT2D eigenvalue weighted by Gasteiger charge is 2.54. The van der Waals surface area contributed by atoms with E-state index >= 15 is 0 Å². The Balaban J connectivity index is 1.51. The smallest absolute Gasteiger partial charge is 0.236 e. The van der Waals surface area contributed by atoms with Crippen molar-refractivity contribution in [2.75, 3.05) is 12.4 Å². The zero-order valence-corrected chi connectivity index (χ0v) is 19.3. The van der Waals surface area contributed by atoms with Crippen molar-refractivity contribution in [2.45, 2.75) is 37.8 Å². The molecule has 1 aromatic heterocycles. The minimum Gasteiger partial charge on any atom is -0.468 e. The number of amides is 1. The van der Waals surface area contributed by atoms with Gasteiger partial charge < -0.3 is 15.0 Å².